The number of carbonyl (C=O) groups is 1. The van der Waals surface area contributed by atoms with Crippen molar-refractivity contribution < 1.29 is 23.6 Å². The summed E-state index contributed by atoms with van der Waals surface area (Å²) in [6.07, 6.45) is 22.4. The standard InChI is InChI=1S/C23H43O5P/c1-3-4-5-6-7-8-9-10-11-12-13-14-15-16-17-18-23(24)26-19-22-20-27-28-29(21-22)25-2/h10-11,22H,3-9,12-21H2,1-2H3/b11-10-. The van der Waals surface area contributed by atoms with Gasteiger partial charge in [-0.2, -0.15) is 4.67 Å². The zero-order valence-electron chi connectivity index (χ0n) is 18.7. The van der Waals surface area contributed by atoms with Gasteiger partial charge in [0.15, 0.2) is 0 Å². The molecule has 2 atom stereocenters. The Bertz CT molecular complexity index is 416. The zero-order valence-corrected chi connectivity index (χ0v) is 19.6. The molecule has 170 valence electrons. The van der Waals surface area contributed by atoms with E-state index in [1.807, 2.05) is 0 Å². The number of ether oxygens (including phenoxy) is 1. The van der Waals surface area contributed by atoms with Crippen molar-refractivity contribution in [1.29, 1.82) is 0 Å². The maximum Gasteiger partial charge on any atom is 0.305 e. The SMILES string of the molecule is CCCCCCCC/C=C\CCCCCCCC(=O)OCC1COOP(OC)C1. The van der Waals surface area contributed by atoms with Gasteiger partial charge in [0.25, 0.3) is 0 Å². The fourth-order valence-corrected chi connectivity index (χ4v) is 4.39. The third-order valence-corrected chi connectivity index (χ3v) is 6.67. The number of hydrogen-bond donors (Lipinski definition) is 0. The van der Waals surface area contributed by atoms with Crippen LogP contribution in [-0.2, 0) is 23.6 Å². The molecule has 1 aliphatic rings. The van der Waals surface area contributed by atoms with Gasteiger partial charge in [0.2, 0.25) is 8.38 Å². The van der Waals surface area contributed by atoms with Crippen LogP contribution in [0.3, 0.4) is 0 Å². The second-order valence-electron chi connectivity index (χ2n) is 7.94. The minimum Gasteiger partial charge on any atom is -0.465 e. The monoisotopic (exact) mass is 430 g/mol. The van der Waals surface area contributed by atoms with E-state index < -0.39 is 8.38 Å². The third-order valence-electron chi connectivity index (χ3n) is 5.17. The molecule has 6 heteroatoms. The van der Waals surface area contributed by atoms with Gasteiger partial charge in [-0.3, -0.25) is 4.79 Å². The normalized spacial score (nSPS) is 19.7. The second kappa shape index (κ2) is 19.5. The Hall–Kier alpha value is -0.480. The maximum atomic E-state index is 11.8. The summed E-state index contributed by atoms with van der Waals surface area (Å²) in [5.41, 5.74) is 0. The van der Waals surface area contributed by atoms with E-state index >= 15 is 0 Å². The minimum absolute atomic E-state index is 0.101. The highest BCUT2D eigenvalue weighted by Crippen LogP contribution is 2.42. The van der Waals surface area contributed by atoms with Crippen molar-refractivity contribution in [3.8, 4) is 0 Å². The van der Waals surface area contributed by atoms with Gasteiger partial charge in [-0.15, -0.1) is 0 Å². The van der Waals surface area contributed by atoms with E-state index in [2.05, 4.69) is 19.1 Å². The van der Waals surface area contributed by atoms with Crippen molar-refractivity contribution in [2.45, 2.75) is 96.8 Å². The lowest BCUT2D eigenvalue weighted by Crippen LogP contribution is -2.25. The molecule has 1 heterocycles. The van der Waals surface area contributed by atoms with Crippen molar-refractivity contribution in [2.24, 2.45) is 5.92 Å². The fraction of sp³-hybridized carbons (Fsp3) is 0.870. The van der Waals surface area contributed by atoms with Gasteiger partial charge in [-0.05, 0) is 32.1 Å². The van der Waals surface area contributed by atoms with E-state index in [0.717, 1.165) is 19.0 Å². The van der Waals surface area contributed by atoms with Gasteiger partial charge < -0.3 is 9.26 Å². The maximum absolute atomic E-state index is 11.8. The van der Waals surface area contributed by atoms with E-state index in [1.54, 1.807) is 7.11 Å². The Balaban J connectivity index is 1.83. The van der Waals surface area contributed by atoms with Crippen LogP contribution in [0.5, 0.6) is 0 Å². The molecule has 1 rings (SSSR count). The van der Waals surface area contributed by atoms with Gasteiger partial charge in [0.05, 0.1) is 13.2 Å². The Morgan fingerprint density at radius 2 is 1.59 bits per heavy atom. The number of allylic oxidation sites excluding steroid dienone is 2. The van der Waals surface area contributed by atoms with Gasteiger partial charge in [0.1, 0.15) is 0 Å². The highest BCUT2D eigenvalue weighted by atomic mass is 31.2. The molecule has 0 saturated carbocycles. The molecule has 1 aliphatic heterocycles. The number of rotatable bonds is 18. The molecule has 0 aromatic carbocycles. The van der Waals surface area contributed by atoms with E-state index in [4.69, 9.17) is 18.8 Å². The molecule has 0 amide bonds. The Labute approximate surface area is 179 Å². The highest BCUT2D eigenvalue weighted by Gasteiger charge is 2.25. The molecule has 0 radical (unpaired) electrons. The lowest BCUT2D eigenvalue weighted by molar-refractivity contribution is -0.229. The predicted octanol–water partition coefficient (Wildman–Crippen LogP) is 7.10. The van der Waals surface area contributed by atoms with Gasteiger partial charge in [-0.25, -0.2) is 4.89 Å². The Kier molecular flexibility index (Phi) is 17.8. The van der Waals surface area contributed by atoms with Crippen LogP contribution in [0.4, 0.5) is 0 Å². The van der Waals surface area contributed by atoms with Crippen LogP contribution >= 0.6 is 8.38 Å². The van der Waals surface area contributed by atoms with Crippen molar-refractivity contribution >= 4 is 14.3 Å². The Morgan fingerprint density at radius 1 is 0.966 bits per heavy atom. The van der Waals surface area contributed by atoms with Crippen LogP contribution in [0, 0.1) is 5.92 Å². The first kappa shape index (κ1) is 26.6. The average molecular weight is 431 g/mol. The molecule has 29 heavy (non-hydrogen) atoms. The summed E-state index contributed by atoms with van der Waals surface area (Å²) in [6, 6.07) is 0. The first-order chi connectivity index (χ1) is 14.3. The molecule has 0 spiro atoms. The lowest BCUT2D eigenvalue weighted by atomic mass is 10.1. The first-order valence-electron chi connectivity index (χ1n) is 11.7. The van der Waals surface area contributed by atoms with Crippen molar-refractivity contribution in [3.05, 3.63) is 12.2 Å². The van der Waals surface area contributed by atoms with E-state index in [1.165, 1.54) is 70.6 Å². The average Bonchev–Trinajstić information content (AvgIpc) is 2.75. The largest absolute Gasteiger partial charge is 0.465 e. The van der Waals surface area contributed by atoms with Gasteiger partial charge in [-0.1, -0.05) is 70.4 Å². The molecule has 0 aliphatic carbocycles. The molecule has 5 nitrogen and oxygen atoms in total. The molecule has 0 N–H and O–H groups in total. The quantitative estimate of drug-likeness (QED) is 0.0763. The number of hydrogen-bond acceptors (Lipinski definition) is 5. The van der Waals surface area contributed by atoms with Crippen LogP contribution in [0.2, 0.25) is 0 Å². The summed E-state index contributed by atoms with van der Waals surface area (Å²) >= 11 is 0. The summed E-state index contributed by atoms with van der Waals surface area (Å²) in [6.45, 7) is 3.12. The molecule has 1 fully saturated rings. The lowest BCUT2D eigenvalue weighted by Gasteiger charge is -2.25. The minimum atomic E-state index is -0.987. The summed E-state index contributed by atoms with van der Waals surface area (Å²) in [5.74, 6) is 0.0729. The highest BCUT2D eigenvalue weighted by molar-refractivity contribution is 7.47. The van der Waals surface area contributed by atoms with Crippen molar-refractivity contribution in [1.82, 2.24) is 0 Å². The summed E-state index contributed by atoms with van der Waals surface area (Å²) in [7, 11) is 0.620. The molecular weight excluding hydrogens is 387 g/mol. The van der Waals surface area contributed by atoms with Gasteiger partial charge >= 0.3 is 5.97 Å². The zero-order chi connectivity index (χ0) is 21.0. The molecule has 0 bridgehead atoms. The summed E-state index contributed by atoms with van der Waals surface area (Å²) in [4.78, 5) is 16.9. The molecule has 0 aromatic rings. The van der Waals surface area contributed by atoms with E-state index in [0.29, 0.717) is 19.6 Å². The number of esters is 1. The van der Waals surface area contributed by atoms with E-state index in [-0.39, 0.29) is 11.9 Å². The predicted molar refractivity (Wildman–Crippen MR) is 120 cm³/mol. The number of carbonyl (C=O) groups excluding carboxylic acids is 1. The van der Waals surface area contributed by atoms with Crippen LogP contribution in [-0.4, -0.2) is 32.5 Å². The molecule has 0 aromatic heterocycles. The van der Waals surface area contributed by atoms with Crippen LogP contribution < -0.4 is 0 Å². The first-order valence-corrected chi connectivity index (χ1v) is 13.0. The molecular formula is C23H43O5P. The molecule has 1 saturated heterocycles. The Morgan fingerprint density at radius 3 is 2.24 bits per heavy atom. The van der Waals surface area contributed by atoms with Gasteiger partial charge in [0, 0.05) is 25.6 Å². The topological polar surface area (TPSA) is 54.0 Å². The van der Waals surface area contributed by atoms with E-state index in [9.17, 15) is 4.79 Å². The third kappa shape index (κ3) is 16.0. The number of unbranched alkanes of at least 4 members (excludes halogenated alkanes) is 11. The van der Waals surface area contributed by atoms with Crippen LogP contribution in [0.1, 0.15) is 96.8 Å². The van der Waals surface area contributed by atoms with Crippen molar-refractivity contribution in [2.75, 3.05) is 26.5 Å². The smallest absolute Gasteiger partial charge is 0.305 e. The summed E-state index contributed by atoms with van der Waals surface area (Å²) < 4.78 is 15.5. The second-order valence-corrected chi connectivity index (χ2v) is 9.49. The molecule has 2 unspecified atom stereocenters. The fourth-order valence-electron chi connectivity index (χ4n) is 3.31. The van der Waals surface area contributed by atoms with Crippen LogP contribution in [0.15, 0.2) is 12.2 Å². The van der Waals surface area contributed by atoms with Crippen LogP contribution in [0.25, 0.3) is 0 Å². The summed E-state index contributed by atoms with van der Waals surface area (Å²) in [5, 5.41) is 0. The van der Waals surface area contributed by atoms with Crippen molar-refractivity contribution in [3.63, 3.8) is 0 Å².